The summed E-state index contributed by atoms with van der Waals surface area (Å²) in [5.41, 5.74) is 1.09. The van der Waals surface area contributed by atoms with E-state index in [0.717, 1.165) is 15.7 Å². The van der Waals surface area contributed by atoms with Crippen LogP contribution in [0.1, 0.15) is 18.5 Å². The number of hydroxylamine groups is 1. The first-order valence-electron chi connectivity index (χ1n) is 12.5. The van der Waals surface area contributed by atoms with Crippen LogP contribution in [0.5, 0.6) is 11.5 Å². The molecular weight excluding hydrogens is 582 g/mol. The Morgan fingerprint density at radius 2 is 1.77 bits per heavy atom. The number of nitro groups is 1. The van der Waals surface area contributed by atoms with Crippen LogP contribution in [0.15, 0.2) is 83.3 Å². The summed E-state index contributed by atoms with van der Waals surface area (Å²) in [5, 5.41) is 25.0. The molecule has 2 heterocycles. The summed E-state index contributed by atoms with van der Waals surface area (Å²) in [6.07, 6.45) is -1.18. The van der Waals surface area contributed by atoms with Gasteiger partial charge in [0.05, 0.1) is 33.4 Å². The molecule has 202 valence electrons. The van der Waals surface area contributed by atoms with Crippen LogP contribution >= 0.6 is 15.9 Å². The van der Waals surface area contributed by atoms with Gasteiger partial charge in [-0.3, -0.25) is 24.5 Å². The number of phenols is 1. The second kappa shape index (κ2) is 9.92. The van der Waals surface area contributed by atoms with Crippen LogP contribution in [0.25, 0.3) is 10.8 Å². The molecule has 6 rings (SSSR count). The van der Waals surface area contributed by atoms with E-state index < -0.39 is 34.8 Å². The number of fused-ring (bicyclic) bond motifs is 2. The van der Waals surface area contributed by atoms with Crippen molar-refractivity contribution in [3.8, 4) is 11.5 Å². The molecule has 4 aromatic carbocycles. The molecule has 2 aliphatic heterocycles. The molecule has 2 saturated heterocycles. The first kappa shape index (κ1) is 25.8. The van der Waals surface area contributed by atoms with Gasteiger partial charge in [0.15, 0.2) is 17.6 Å². The molecule has 2 aliphatic rings. The molecule has 0 bridgehead atoms. The van der Waals surface area contributed by atoms with Gasteiger partial charge in [-0.05, 0) is 58.1 Å². The first-order chi connectivity index (χ1) is 19.3. The first-order valence-corrected chi connectivity index (χ1v) is 13.3. The van der Waals surface area contributed by atoms with Gasteiger partial charge in [0.2, 0.25) is 5.91 Å². The van der Waals surface area contributed by atoms with Gasteiger partial charge in [-0.15, -0.1) is 0 Å². The number of carbonyl (C=O) groups is 2. The summed E-state index contributed by atoms with van der Waals surface area (Å²) in [6, 6.07) is 21.0. The van der Waals surface area contributed by atoms with Crippen molar-refractivity contribution in [2.45, 2.75) is 19.1 Å². The minimum atomic E-state index is -1.18. The number of halogens is 1. The summed E-state index contributed by atoms with van der Waals surface area (Å²) in [4.78, 5) is 46.3. The maximum absolute atomic E-state index is 14.1. The van der Waals surface area contributed by atoms with Gasteiger partial charge >= 0.3 is 0 Å². The fraction of sp³-hybridized carbons (Fsp3) is 0.172. The van der Waals surface area contributed by atoms with Crippen molar-refractivity contribution in [3.05, 3.63) is 99.0 Å². The predicted octanol–water partition coefficient (Wildman–Crippen LogP) is 5.67. The zero-order chi connectivity index (χ0) is 28.1. The quantitative estimate of drug-likeness (QED) is 0.170. The molecule has 10 nitrogen and oxygen atoms in total. The standard InChI is InChI=1S/C29H22BrN3O7/c1-2-39-23-14-17(13-21(30)26(23)34)25-24-27(40-32(25)18-9-6-10-19(15-18)33(37)38)29(36)31(28(24)35)22-12-5-8-16-7-3-4-11-20(16)22/h3-15,24-25,27,34H,2H2,1H3/t24-,25+,27+/m1/s1. The fourth-order valence-corrected chi connectivity index (χ4v) is 5.85. The van der Waals surface area contributed by atoms with E-state index in [0.29, 0.717) is 21.4 Å². The Labute approximate surface area is 236 Å². The van der Waals surface area contributed by atoms with Crippen LogP contribution in [0.4, 0.5) is 17.1 Å². The number of nitro benzene ring substituents is 1. The van der Waals surface area contributed by atoms with Crippen molar-refractivity contribution in [1.29, 1.82) is 0 Å². The molecule has 2 fully saturated rings. The van der Waals surface area contributed by atoms with Gasteiger partial charge in [0.25, 0.3) is 11.6 Å². The maximum Gasteiger partial charge on any atom is 0.271 e. The summed E-state index contributed by atoms with van der Waals surface area (Å²) < 4.78 is 5.93. The van der Waals surface area contributed by atoms with Crippen molar-refractivity contribution in [2.75, 3.05) is 16.6 Å². The molecule has 3 atom stereocenters. The van der Waals surface area contributed by atoms with Gasteiger partial charge in [0, 0.05) is 17.5 Å². The highest BCUT2D eigenvalue weighted by atomic mass is 79.9. The Bertz CT molecular complexity index is 1690. The molecule has 0 aliphatic carbocycles. The lowest BCUT2D eigenvalue weighted by Gasteiger charge is -2.29. The van der Waals surface area contributed by atoms with Gasteiger partial charge in [-0.2, -0.15) is 0 Å². The Kier molecular flexibility index (Phi) is 6.40. The summed E-state index contributed by atoms with van der Waals surface area (Å²) in [6.45, 7) is 2.04. The van der Waals surface area contributed by atoms with Gasteiger partial charge in [0.1, 0.15) is 5.92 Å². The van der Waals surface area contributed by atoms with Crippen LogP contribution in [0.3, 0.4) is 0 Å². The van der Waals surface area contributed by atoms with Crippen molar-refractivity contribution in [2.24, 2.45) is 5.92 Å². The molecule has 40 heavy (non-hydrogen) atoms. The monoisotopic (exact) mass is 603 g/mol. The number of nitrogens with zero attached hydrogens (tertiary/aromatic N) is 3. The Morgan fingerprint density at radius 1 is 1.02 bits per heavy atom. The molecule has 0 spiro atoms. The molecule has 1 N–H and O–H groups in total. The number of non-ortho nitro benzene ring substituents is 1. The normalized spacial score (nSPS) is 20.3. The van der Waals surface area contributed by atoms with Crippen LogP contribution in [0, 0.1) is 16.0 Å². The van der Waals surface area contributed by atoms with E-state index in [2.05, 4.69) is 15.9 Å². The zero-order valence-corrected chi connectivity index (χ0v) is 22.6. The minimum absolute atomic E-state index is 0.117. The van der Waals surface area contributed by atoms with Crippen LogP contribution in [-0.2, 0) is 14.4 Å². The average molecular weight is 604 g/mol. The topological polar surface area (TPSA) is 122 Å². The van der Waals surface area contributed by atoms with Crippen molar-refractivity contribution >= 4 is 55.6 Å². The Hall–Kier alpha value is -4.48. The third kappa shape index (κ3) is 4.05. The summed E-state index contributed by atoms with van der Waals surface area (Å²) >= 11 is 3.36. The number of hydrogen-bond donors (Lipinski definition) is 1. The second-order valence-electron chi connectivity index (χ2n) is 9.39. The molecule has 0 aromatic heterocycles. The van der Waals surface area contributed by atoms with E-state index in [1.54, 1.807) is 37.3 Å². The van der Waals surface area contributed by atoms with Gasteiger partial charge in [-0.25, -0.2) is 9.96 Å². The lowest BCUT2D eigenvalue weighted by Crippen LogP contribution is -2.37. The van der Waals surface area contributed by atoms with E-state index in [9.17, 15) is 24.8 Å². The lowest BCUT2D eigenvalue weighted by atomic mass is 9.90. The van der Waals surface area contributed by atoms with E-state index in [1.165, 1.54) is 23.3 Å². The number of carbonyl (C=O) groups excluding carboxylic acids is 2. The number of phenolic OH excluding ortho intramolecular Hbond substituents is 1. The highest BCUT2D eigenvalue weighted by Gasteiger charge is 2.60. The number of rotatable bonds is 6. The third-order valence-corrected chi connectivity index (χ3v) is 7.71. The van der Waals surface area contributed by atoms with Crippen LogP contribution in [-0.4, -0.2) is 34.6 Å². The maximum atomic E-state index is 14.1. The van der Waals surface area contributed by atoms with Crippen LogP contribution < -0.4 is 14.7 Å². The smallest absolute Gasteiger partial charge is 0.271 e. The van der Waals surface area contributed by atoms with Gasteiger partial charge in [-0.1, -0.05) is 42.5 Å². The summed E-state index contributed by atoms with van der Waals surface area (Å²) in [7, 11) is 0. The Morgan fingerprint density at radius 3 is 2.55 bits per heavy atom. The fourth-order valence-electron chi connectivity index (χ4n) is 5.39. The largest absolute Gasteiger partial charge is 0.503 e. The molecule has 0 unspecified atom stereocenters. The molecule has 2 amide bonds. The molecule has 0 saturated carbocycles. The van der Waals surface area contributed by atoms with E-state index in [-0.39, 0.29) is 23.8 Å². The highest BCUT2D eigenvalue weighted by Crippen LogP contribution is 2.50. The summed E-state index contributed by atoms with van der Waals surface area (Å²) in [5.74, 6) is -1.93. The number of anilines is 2. The number of amides is 2. The van der Waals surface area contributed by atoms with E-state index >= 15 is 0 Å². The van der Waals surface area contributed by atoms with Crippen molar-refractivity contribution in [1.82, 2.24) is 0 Å². The predicted molar refractivity (Wildman–Crippen MR) is 150 cm³/mol. The van der Waals surface area contributed by atoms with E-state index in [1.807, 2.05) is 30.3 Å². The van der Waals surface area contributed by atoms with Crippen molar-refractivity contribution in [3.63, 3.8) is 0 Å². The number of aromatic hydroxyl groups is 1. The highest BCUT2D eigenvalue weighted by molar-refractivity contribution is 9.10. The lowest BCUT2D eigenvalue weighted by molar-refractivity contribution is -0.384. The van der Waals surface area contributed by atoms with Gasteiger partial charge < -0.3 is 9.84 Å². The average Bonchev–Trinajstić information content (AvgIpc) is 3.46. The van der Waals surface area contributed by atoms with E-state index in [4.69, 9.17) is 9.57 Å². The Balaban J connectivity index is 1.50. The molecule has 4 aromatic rings. The van der Waals surface area contributed by atoms with Crippen molar-refractivity contribution < 1.29 is 29.2 Å². The molecule has 0 radical (unpaired) electrons. The third-order valence-electron chi connectivity index (χ3n) is 7.11. The number of ether oxygens (including phenoxy) is 1. The number of imide groups is 1. The second-order valence-corrected chi connectivity index (χ2v) is 10.2. The SMILES string of the molecule is CCOc1cc([C@H]2[C@H]3C(=O)N(c4cccc5ccccc45)C(=O)[C@H]3ON2c2cccc([N+](=O)[O-])c2)cc(Br)c1O. The number of hydrogen-bond acceptors (Lipinski definition) is 8. The van der Waals surface area contributed by atoms with Crippen LogP contribution in [0.2, 0.25) is 0 Å². The minimum Gasteiger partial charge on any atom is -0.503 e. The molecular formula is C29H22BrN3O7. The molecule has 11 heteroatoms. The number of benzene rings is 4. The zero-order valence-electron chi connectivity index (χ0n) is 21.1.